The second kappa shape index (κ2) is 4.53. The van der Waals surface area contributed by atoms with Gasteiger partial charge in [0.1, 0.15) is 6.10 Å². The molecule has 16 heavy (non-hydrogen) atoms. The van der Waals surface area contributed by atoms with E-state index < -0.39 is 6.29 Å². The molecule has 0 N–H and O–H groups in total. The van der Waals surface area contributed by atoms with Gasteiger partial charge in [-0.25, -0.2) is 0 Å². The summed E-state index contributed by atoms with van der Waals surface area (Å²) in [7, 11) is 2.93. The summed E-state index contributed by atoms with van der Waals surface area (Å²) >= 11 is 0. The van der Waals surface area contributed by atoms with Crippen molar-refractivity contribution in [1.29, 1.82) is 0 Å². The van der Waals surface area contributed by atoms with Gasteiger partial charge in [0.15, 0.2) is 6.29 Å². The summed E-state index contributed by atoms with van der Waals surface area (Å²) in [5.41, 5.74) is 0.957. The van der Waals surface area contributed by atoms with Gasteiger partial charge in [-0.1, -0.05) is 6.58 Å². The number of esters is 1. The largest absolute Gasteiger partial charge is 0.469 e. The number of fused-ring (bicyclic) bond motifs is 1. The Hall–Kier alpha value is -0.910. The van der Waals surface area contributed by atoms with Crippen molar-refractivity contribution >= 4 is 5.97 Å². The zero-order chi connectivity index (χ0) is 11.7. The van der Waals surface area contributed by atoms with E-state index in [1.54, 1.807) is 7.11 Å². The molecule has 5 nitrogen and oxygen atoms in total. The third-order valence-corrected chi connectivity index (χ3v) is 3.09. The molecule has 0 amide bonds. The second-order valence-corrected chi connectivity index (χ2v) is 4.02. The average Bonchev–Trinajstić information content (AvgIpc) is 2.81. The van der Waals surface area contributed by atoms with Gasteiger partial charge in [-0.3, -0.25) is 4.79 Å². The summed E-state index contributed by atoms with van der Waals surface area (Å²) in [4.78, 5) is 11.2. The van der Waals surface area contributed by atoms with Crippen LogP contribution in [0.25, 0.3) is 0 Å². The van der Waals surface area contributed by atoms with Gasteiger partial charge in [0.05, 0.1) is 26.2 Å². The Morgan fingerprint density at radius 2 is 2.31 bits per heavy atom. The van der Waals surface area contributed by atoms with Crippen LogP contribution >= 0.6 is 0 Å². The summed E-state index contributed by atoms with van der Waals surface area (Å²) in [6, 6.07) is 0. The molecule has 0 aromatic rings. The molecule has 0 aromatic heterocycles. The molecule has 2 saturated heterocycles. The van der Waals surface area contributed by atoms with Gasteiger partial charge < -0.3 is 18.9 Å². The molecule has 0 aliphatic carbocycles. The summed E-state index contributed by atoms with van der Waals surface area (Å²) in [6.07, 6.45) is -0.608. The predicted molar refractivity (Wildman–Crippen MR) is 54.7 cm³/mol. The van der Waals surface area contributed by atoms with Gasteiger partial charge in [-0.15, -0.1) is 0 Å². The maximum atomic E-state index is 11.2. The molecule has 0 spiro atoms. The van der Waals surface area contributed by atoms with Gasteiger partial charge >= 0.3 is 5.97 Å². The minimum atomic E-state index is -0.418. The zero-order valence-electron chi connectivity index (χ0n) is 9.47. The topological polar surface area (TPSA) is 54.0 Å². The highest BCUT2D eigenvalue weighted by Gasteiger charge is 2.50. The van der Waals surface area contributed by atoms with Crippen molar-refractivity contribution in [2.45, 2.75) is 24.9 Å². The van der Waals surface area contributed by atoms with E-state index in [4.69, 9.17) is 14.2 Å². The van der Waals surface area contributed by atoms with Crippen LogP contribution in [0.3, 0.4) is 0 Å². The Kier molecular flexibility index (Phi) is 3.28. The smallest absolute Gasteiger partial charge is 0.308 e. The number of carbonyl (C=O) groups is 1. The van der Waals surface area contributed by atoms with Gasteiger partial charge in [0.2, 0.25) is 0 Å². The minimum absolute atomic E-state index is 0.0315. The maximum absolute atomic E-state index is 11.2. The Morgan fingerprint density at radius 1 is 1.56 bits per heavy atom. The first kappa shape index (κ1) is 11.6. The van der Waals surface area contributed by atoms with E-state index in [0.29, 0.717) is 6.61 Å². The standard InChI is InChI=1S/C11H16O5/c1-6-5-15-10-9(6)7(4-8(12)13-2)16-11(10)14-3/h7,9-11H,1,4-5H2,2-3H3/t7-,9-,10?,11+/m1/s1. The molecule has 0 saturated carbocycles. The maximum Gasteiger partial charge on any atom is 0.308 e. The first-order valence-corrected chi connectivity index (χ1v) is 5.21. The molecule has 2 aliphatic rings. The fourth-order valence-corrected chi connectivity index (χ4v) is 2.30. The van der Waals surface area contributed by atoms with Crippen molar-refractivity contribution in [1.82, 2.24) is 0 Å². The van der Waals surface area contributed by atoms with E-state index >= 15 is 0 Å². The van der Waals surface area contributed by atoms with Crippen LogP contribution in [0.15, 0.2) is 12.2 Å². The molecule has 1 unspecified atom stereocenters. The lowest BCUT2D eigenvalue weighted by molar-refractivity contribution is -0.164. The van der Waals surface area contributed by atoms with Crippen LogP contribution in [0.1, 0.15) is 6.42 Å². The predicted octanol–water partition coefficient (Wildman–Crippen LogP) is 0.492. The Labute approximate surface area is 94.3 Å². The van der Waals surface area contributed by atoms with E-state index in [9.17, 15) is 4.79 Å². The third-order valence-electron chi connectivity index (χ3n) is 3.09. The van der Waals surface area contributed by atoms with Crippen LogP contribution in [-0.4, -0.2) is 45.3 Å². The monoisotopic (exact) mass is 228 g/mol. The highest BCUT2D eigenvalue weighted by Crippen LogP contribution is 2.40. The van der Waals surface area contributed by atoms with E-state index in [1.165, 1.54) is 7.11 Å². The SMILES string of the molecule is C=C1COC2[C@@H](OC)O[C@H](CC(=O)OC)[C@@H]12. The van der Waals surface area contributed by atoms with E-state index in [-0.39, 0.29) is 30.5 Å². The molecular formula is C11H16O5. The number of hydrogen-bond donors (Lipinski definition) is 0. The Morgan fingerprint density at radius 3 is 2.94 bits per heavy atom. The van der Waals surface area contributed by atoms with Crippen molar-refractivity contribution < 1.29 is 23.7 Å². The van der Waals surface area contributed by atoms with Crippen LogP contribution < -0.4 is 0 Å². The first-order chi connectivity index (χ1) is 7.67. The number of carbonyl (C=O) groups excluding carboxylic acids is 1. The van der Waals surface area contributed by atoms with Gasteiger partial charge in [-0.05, 0) is 5.57 Å². The summed E-state index contributed by atoms with van der Waals surface area (Å²) in [5.74, 6) is -0.260. The van der Waals surface area contributed by atoms with E-state index in [0.717, 1.165) is 5.57 Å². The van der Waals surface area contributed by atoms with Crippen molar-refractivity contribution in [3.63, 3.8) is 0 Å². The molecule has 0 radical (unpaired) electrons. The highest BCUT2D eigenvalue weighted by molar-refractivity contribution is 5.70. The van der Waals surface area contributed by atoms with Crippen molar-refractivity contribution in [2.24, 2.45) is 5.92 Å². The van der Waals surface area contributed by atoms with Crippen LogP contribution in [-0.2, 0) is 23.7 Å². The minimum Gasteiger partial charge on any atom is -0.469 e. The zero-order valence-corrected chi connectivity index (χ0v) is 9.47. The molecule has 90 valence electrons. The van der Waals surface area contributed by atoms with Crippen LogP contribution in [0.2, 0.25) is 0 Å². The quantitative estimate of drug-likeness (QED) is 0.520. The number of rotatable bonds is 3. The van der Waals surface area contributed by atoms with Gasteiger partial charge in [0, 0.05) is 13.0 Å². The lowest BCUT2D eigenvalue weighted by Gasteiger charge is -2.15. The normalized spacial score (nSPS) is 37.5. The molecule has 4 atom stereocenters. The lowest BCUT2D eigenvalue weighted by atomic mass is 9.92. The number of methoxy groups -OCH3 is 2. The third kappa shape index (κ3) is 1.86. The van der Waals surface area contributed by atoms with Crippen molar-refractivity contribution in [3.05, 3.63) is 12.2 Å². The van der Waals surface area contributed by atoms with E-state index in [1.807, 2.05) is 0 Å². The Balaban J connectivity index is 2.08. The van der Waals surface area contributed by atoms with Crippen molar-refractivity contribution in [3.8, 4) is 0 Å². The molecule has 2 rings (SSSR count). The summed E-state index contributed by atoms with van der Waals surface area (Å²) in [5, 5.41) is 0. The molecule has 2 heterocycles. The molecule has 0 aromatic carbocycles. The van der Waals surface area contributed by atoms with Crippen LogP contribution in [0.5, 0.6) is 0 Å². The van der Waals surface area contributed by atoms with Crippen LogP contribution in [0.4, 0.5) is 0 Å². The fourth-order valence-electron chi connectivity index (χ4n) is 2.30. The second-order valence-electron chi connectivity index (χ2n) is 4.02. The summed E-state index contributed by atoms with van der Waals surface area (Å²) in [6.45, 7) is 4.45. The molecule has 2 fully saturated rings. The molecular weight excluding hydrogens is 212 g/mol. The molecule has 2 aliphatic heterocycles. The summed E-state index contributed by atoms with van der Waals surface area (Å²) < 4.78 is 21.0. The van der Waals surface area contributed by atoms with Gasteiger partial charge in [-0.2, -0.15) is 0 Å². The molecule has 5 heteroatoms. The highest BCUT2D eigenvalue weighted by atomic mass is 16.7. The fraction of sp³-hybridized carbons (Fsp3) is 0.727. The average molecular weight is 228 g/mol. The molecule has 0 bridgehead atoms. The first-order valence-electron chi connectivity index (χ1n) is 5.21. The van der Waals surface area contributed by atoms with Crippen molar-refractivity contribution in [2.75, 3.05) is 20.8 Å². The Bertz CT molecular complexity index is 301. The lowest BCUT2D eigenvalue weighted by Crippen LogP contribution is -2.26. The van der Waals surface area contributed by atoms with Gasteiger partial charge in [0.25, 0.3) is 0 Å². The van der Waals surface area contributed by atoms with E-state index in [2.05, 4.69) is 11.3 Å². The van der Waals surface area contributed by atoms with Crippen LogP contribution in [0, 0.1) is 5.92 Å². The number of hydrogen-bond acceptors (Lipinski definition) is 5. The number of ether oxygens (including phenoxy) is 4.